The van der Waals surface area contributed by atoms with E-state index in [2.05, 4.69) is 26.5 Å². The van der Waals surface area contributed by atoms with Crippen LogP contribution in [0.3, 0.4) is 0 Å². The summed E-state index contributed by atoms with van der Waals surface area (Å²) < 4.78 is 26.7. The highest BCUT2D eigenvalue weighted by Gasteiger charge is 2.14. The number of H-pyrrole nitrogens is 1. The molecule has 2 rings (SSSR count). The molecule has 0 aliphatic rings. The smallest absolute Gasteiger partial charge is 0.240 e. The van der Waals surface area contributed by atoms with Gasteiger partial charge in [-0.2, -0.15) is 0 Å². The third-order valence-corrected chi connectivity index (χ3v) is 3.86. The highest BCUT2D eigenvalue weighted by molar-refractivity contribution is 7.89. The first-order chi connectivity index (χ1) is 9.62. The van der Waals surface area contributed by atoms with Crippen molar-refractivity contribution in [2.75, 3.05) is 6.61 Å². The maximum atomic E-state index is 12.1. The number of imidazole rings is 1. The zero-order valence-electron chi connectivity index (χ0n) is 10.5. The Morgan fingerprint density at radius 2 is 2.25 bits per heavy atom. The maximum Gasteiger partial charge on any atom is 0.240 e. The van der Waals surface area contributed by atoms with E-state index in [1.165, 1.54) is 18.5 Å². The lowest BCUT2D eigenvalue weighted by molar-refractivity contribution is 0.350. The molecular formula is C13H13N3O3S. The van der Waals surface area contributed by atoms with Gasteiger partial charge in [-0.15, -0.1) is 0 Å². The highest BCUT2D eigenvalue weighted by Crippen LogP contribution is 2.11. The van der Waals surface area contributed by atoms with Crippen molar-refractivity contribution in [2.45, 2.75) is 11.4 Å². The molecule has 0 aliphatic carbocycles. The quantitative estimate of drug-likeness (QED) is 0.703. The predicted molar refractivity (Wildman–Crippen MR) is 73.0 cm³/mol. The molecule has 1 aromatic carbocycles. The standard InChI is InChI=1S/C13H13N3O3S/c17-6-2-4-11-3-1-5-13(7-11)20(18,19)16-9-12-8-14-10-15-12/h1,3,5,7-8,10,16-17H,6,9H2,(H,14,15). The fourth-order valence-electron chi connectivity index (χ4n) is 1.52. The molecule has 0 saturated carbocycles. The predicted octanol–water partition coefficient (Wildman–Crippen LogP) is 0.232. The molecule has 104 valence electrons. The lowest BCUT2D eigenvalue weighted by atomic mass is 10.2. The highest BCUT2D eigenvalue weighted by atomic mass is 32.2. The summed E-state index contributed by atoms with van der Waals surface area (Å²) in [5, 5.41) is 8.63. The first-order valence-electron chi connectivity index (χ1n) is 5.78. The van der Waals surface area contributed by atoms with Crippen LogP contribution in [-0.2, 0) is 16.6 Å². The normalized spacial score (nSPS) is 10.8. The third-order valence-electron chi connectivity index (χ3n) is 2.46. The summed E-state index contributed by atoms with van der Waals surface area (Å²) in [7, 11) is -3.61. The first kappa shape index (κ1) is 14.3. The number of aliphatic hydroxyl groups excluding tert-OH is 1. The van der Waals surface area contributed by atoms with E-state index in [-0.39, 0.29) is 18.0 Å². The number of hydrogen-bond donors (Lipinski definition) is 3. The van der Waals surface area contributed by atoms with Crippen LogP contribution in [0.1, 0.15) is 11.3 Å². The number of aliphatic hydroxyl groups is 1. The Morgan fingerprint density at radius 3 is 2.95 bits per heavy atom. The van der Waals surface area contributed by atoms with E-state index in [1.54, 1.807) is 18.3 Å². The van der Waals surface area contributed by atoms with Gasteiger partial charge < -0.3 is 10.1 Å². The average Bonchev–Trinajstić information content (AvgIpc) is 2.97. The van der Waals surface area contributed by atoms with E-state index >= 15 is 0 Å². The lowest BCUT2D eigenvalue weighted by Crippen LogP contribution is -2.23. The Morgan fingerprint density at radius 1 is 1.40 bits per heavy atom. The molecule has 0 spiro atoms. The molecule has 0 bridgehead atoms. The second-order valence-corrected chi connectivity index (χ2v) is 5.66. The Balaban J connectivity index is 2.16. The summed E-state index contributed by atoms with van der Waals surface area (Å²) in [6.45, 7) is -0.135. The summed E-state index contributed by atoms with van der Waals surface area (Å²) >= 11 is 0. The van der Waals surface area contributed by atoms with Crippen LogP contribution in [-0.4, -0.2) is 30.1 Å². The van der Waals surface area contributed by atoms with Gasteiger partial charge in [-0.25, -0.2) is 18.1 Å². The number of rotatable bonds is 4. The Kier molecular flexibility index (Phi) is 4.53. The van der Waals surface area contributed by atoms with Gasteiger partial charge in [0.05, 0.1) is 17.8 Å². The molecule has 0 radical (unpaired) electrons. The van der Waals surface area contributed by atoms with Gasteiger partial charge in [-0.3, -0.25) is 0 Å². The van der Waals surface area contributed by atoms with Crippen molar-refractivity contribution in [3.63, 3.8) is 0 Å². The van der Waals surface area contributed by atoms with Crippen LogP contribution < -0.4 is 4.72 Å². The first-order valence-corrected chi connectivity index (χ1v) is 7.27. The topological polar surface area (TPSA) is 95.1 Å². The van der Waals surface area contributed by atoms with Crippen molar-refractivity contribution in [3.8, 4) is 11.8 Å². The number of aromatic nitrogens is 2. The minimum absolute atomic E-state index is 0.127. The summed E-state index contributed by atoms with van der Waals surface area (Å²) in [5.74, 6) is 5.14. The molecule has 0 aliphatic heterocycles. The summed E-state index contributed by atoms with van der Waals surface area (Å²) in [5.41, 5.74) is 1.20. The molecule has 6 nitrogen and oxygen atoms in total. The van der Waals surface area contributed by atoms with Crippen molar-refractivity contribution in [1.82, 2.24) is 14.7 Å². The van der Waals surface area contributed by atoms with E-state index in [0.29, 0.717) is 11.3 Å². The van der Waals surface area contributed by atoms with Crippen molar-refractivity contribution in [3.05, 3.63) is 48.0 Å². The molecule has 0 saturated heterocycles. The molecule has 0 fully saturated rings. The molecular weight excluding hydrogens is 278 g/mol. The summed E-state index contributed by atoms with van der Waals surface area (Å²) in [6, 6.07) is 6.22. The average molecular weight is 291 g/mol. The molecule has 20 heavy (non-hydrogen) atoms. The number of benzene rings is 1. The van der Waals surface area contributed by atoms with Gasteiger partial charge in [-0.05, 0) is 18.2 Å². The van der Waals surface area contributed by atoms with Crippen molar-refractivity contribution >= 4 is 10.0 Å². The van der Waals surface area contributed by atoms with Crippen LogP contribution >= 0.6 is 0 Å². The minimum Gasteiger partial charge on any atom is -0.384 e. The van der Waals surface area contributed by atoms with Gasteiger partial charge in [0, 0.05) is 17.5 Å². The molecule has 1 aromatic heterocycles. The van der Waals surface area contributed by atoms with Crippen LogP contribution in [0.25, 0.3) is 0 Å². The zero-order chi connectivity index (χ0) is 14.4. The molecule has 0 amide bonds. The van der Waals surface area contributed by atoms with E-state index in [4.69, 9.17) is 5.11 Å². The van der Waals surface area contributed by atoms with E-state index in [0.717, 1.165) is 0 Å². The molecule has 2 aromatic rings. The van der Waals surface area contributed by atoms with E-state index < -0.39 is 10.0 Å². The number of sulfonamides is 1. The maximum absolute atomic E-state index is 12.1. The SMILES string of the molecule is O=S(=O)(NCc1cnc[nH]1)c1cccc(C#CCO)c1. The van der Waals surface area contributed by atoms with Crippen LogP contribution in [0.2, 0.25) is 0 Å². The second-order valence-electron chi connectivity index (χ2n) is 3.89. The van der Waals surface area contributed by atoms with Gasteiger partial charge in [0.15, 0.2) is 0 Å². The summed E-state index contributed by atoms with van der Waals surface area (Å²) in [6.07, 6.45) is 3.03. The minimum atomic E-state index is -3.61. The van der Waals surface area contributed by atoms with Crippen molar-refractivity contribution in [2.24, 2.45) is 0 Å². The lowest BCUT2D eigenvalue weighted by Gasteiger charge is -2.05. The molecule has 0 unspecified atom stereocenters. The number of nitrogens with zero attached hydrogens (tertiary/aromatic N) is 1. The Labute approximate surface area is 116 Å². The fraction of sp³-hybridized carbons (Fsp3) is 0.154. The molecule has 1 heterocycles. The largest absolute Gasteiger partial charge is 0.384 e. The Hall–Kier alpha value is -2.14. The van der Waals surface area contributed by atoms with Crippen LogP contribution in [0.15, 0.2) is 41.7 Å². The molecule has 7 heteroatoms. The van der Waals surface area contributed by atoms with E-state index in [1.807, 2.05) is 0 Å². The molecule has 3 N–H and O–H groups in total. The van der Waals surface area contributed by atoms with Gasteiger partial charge in [0.1, 0.15) is 6.61 Å². The third kappa shape index (κ3) is 3.68. The number of aromatic amines is 1. The Bertz CT molecular complexity index is 728. The van der Waals surface area contributed by atoms with Crippen molar-refractivity contribution in [1.29, 1.82) is 0 Å². The zero-order valence-corrected chi connectivity index (χ0v) is 11.3. The van der Waals surface area contributed by atoms with Crippen molar-refractivity contribution < 1.29 is 13.5 Å². The van der Waals surface area contributed by atoms with E-state index in [9.17, 15) is 8.42 Å². The van der Waals surface area contributed by atoms with Crippen LogP contribution in [0.4, 0.5) is 0 Å². The van der Waals surface area contributed by atoms with Gasteiger partial charge in [0.2, 0.25) is 10.0 Å². The fourth-order valence-corrected chi connectivity index (χ4v) is 2.57. The van der Waals surface area contributed by atoms with Gasteiger partial charge in [-0.1, -0.05) is 17.9 Å². The van der Waals surface area contributed by atoms with Gasteiger partial charge in [0.25, 0.3) is 0 Å². The summed E-state index contributed by atoms with van der Waals surface area (Å²) in [4.78, 5) is 6.75. The monoisotopic (exact) mass is 291 g/mol. The number of nitrogens with one attached hydrogen (secondary N) is 2. The molecule has 0 atom stereocenters. The van der Waals surface area contributed by atoms with Crippen LogP contribution in [0.5, 0.6) is 0 Å². The van der Waals surface area contributed by atoms with Crippen LogP contribution in [0, 0.1) is 11.8 Å². The second kappa shape index (κ2) is 6.34. The number of hydrogen-bond acceptors (Lipinski definition) is 4. The van der Waals surface area contributed by atoms with Gasteiger partial charge >= 0.3 is 0 Å².